The van der Waals surface area contributed by atoms with Crippen molar-refractivity contribution in [3.8, 4) is 11.5 Å². The molecule has 0 bridgehead atoms. The number of carbonyl (C=O) groups is 1. The fraction of sp³-hybridized carbons (Fsp3) is 0.130. The molecule has 6 nitrogen and oxygen atoms in total. The first-order chi connectivity index (χ1) is 15.9. The molecular weight excluding hydrogens is 492 g/mol. The van der Waals surface area contributed by atoms with Gasteiger partial charge < -0.3 is 14.8 Å². The number of anilines is 1. The molecule has 10 heteroatoms. The number of rotatable bonds is 9. The first-order valence-corrected chi connectivity index (χ1v) is 10.7. The summed E-state index contributed by atoms with van der Waals surface area (Å²) in [7, 11) is 1.48. The van der Waals surface area contributed by atoms with Gasteiger partial charge in [-0.25, -0.2) is 9.82 Å². The molecule has 0 heterocycles. The van der Waals surface area contributed by atoms with E-state index >= 15 is 0 Å². The largest absolute Gasteiger partial charge is 0.493 e. The molecule has 0 radical (unpaired) electrons. The summed E-state index contributed by atoms with van der Waals surface area (Å²) in [6.45, 7) is 0.129. The summed E-state index contributed by atoms with van der Waals surface area (Å²) in [6.07, 6.45) is 1.42. The van der Waals surface area contributed by atoms with Crippen molar-refractivity contribution in [1.82, 2.24) is 5.43 Å². The van der Waals surface area contributed by atoms with Crippen molar-refractivity contribution in [2.24, 2.45) is 5.10 Å². The van der Waals surface area contributed by atoms with Crippen LogP contribution in [0, 0.1) is 5.82 Å². The molecule has 172 valence electrons. The van der Waals surface area contributed by atoms with E-state index in [1.807, 2.05) is 0 Å². The van der Waals surface area contributed by atoms with E-state index in [4.69, 9.17) is 44.3 Å². The lowest BCUT2D eigenvalue weighted by Gasteiger charge is -2.14. The Kier molecular flexibility index (Phi) is 8.77. The summed E-state index contributed by atoms with van der Waals surface area (Å²) in [5, 5.41) is 8.08. The van der Waals surface area contributed by atoms with Crippen molar-refractivity contribution in [2.75, 3.05) is 19.0 Å². The van der Waals surface area contributed by atoms with E-state index in [1.165, 1.54) is 37.6 Å². The lowest BCUT2D eigenvalue weighted by molar-refractivity contribution is -0.119. The molecule has 0 saturated carbocycles. The topological polar surface area (TPSA) is 72.0 Å². The Labute approximate surface area is 205 Å². The van der Waals surface area contributed by atoms with E-state index in [-0.39, 0.29) is 24.9 Å². The van der Waals surface area contributed by atoms with Crippen molar-refractivity contribution in [3.05, 3.63) is 86.6 Å². The van der Waals surface area contributed by atoms with Crippen LogP contribution in [0.5, 0.6) is 11.5 Å². The van der Waals surface area contributed by atoms with Gasteiger partial charge >= 0.3 is 0 Å². The Bertz CT molecular complexity index is 1160. The minimum atomic E-state index is -0.381. The quantitative estimate of drug-likeness (QED) is 0.276. The molecule has 0 fully saturated rings. The van der Waals surface area contributed by atoms with Gasteiger partial charge in [0.2, 0.25) is 0 Å². The molecule has 3 rings (SSSR count). The summed E-state index contributed by atoms with van der Waals surface area (Å²) >= 11 is 18.5. The van der Waals surface area contributed by atoms with Crippen LogP contribution < -0.4 is 20.2 Å². The third kappa shape index (κ3) is 7.25. The minimum Gasteiger partial charge on any atom is -0.493 e. The Morgan fingerprint density at radius 3 is 2.52 bits per heavy atom. The van der Waals surface area contributed by atoms with Crippen LogP contribution in [0.15, 0.2) is 59.7 Å². The lowest BCUT2D eigenvalue weighted by atomic mass is 10.2. The van der Waals surface area contributed by atoms with Crippen LogP contribution in [0.3, 0.4) is 0 Å². The summed E-state index contributed by atoms with van der Waals surface area (Å²) in [6, 6.07) is 14.1. The van der Waals surface area contributed by atoms with Gasteiger partial charge in [-0.05, 0) is 54.1 Å². The number of amides is 1. The molecule has 0 unspecified atom stereocenters. The van der Waals surface area contributed by atoms with E-state index in [1.54, 1.807) is 30.3 Å². The molecule has 3 aromatic rings. The van der Waals surface area contributed by atoms with Crippen LogP contribution in [-0.2, 0) is 11.4 Å². The van der Waals surface area contributed by atoms with Crippen LogP contribution in [0.25, 0.3) is 0 Å². The molecule has 0 saturated heterocycles. The van der Waals surface area contributed by atoms with Crippen LogP contribution in [0.2, 0.25) is 15.1 Å². The molecule has 0 aromatic heterocycles. The molecule has 0 aliphatic carbocycles. The van der Waals surface area contributed by atoms with Crippen molar-refractivity contribution >= 4 is 52.6 Å². The Morgan fingerprint density at radius 1 is 1.06 bits per heavy atom. The Morgan fingerprint density at radius 2 is 1.82 bits per heavy atom. The van der Waals surface area contributed by atoms with Crippen LogP contribution in [0.1, 0.15) is 11.1 Å². The number of nitrogens with zero attached hydrogens (tertiary/aromatic N) is 1. The maximum absolute atomic E-state index is 12.9. The van der Waals surface area contributed by atoms with E-state index in [0.717, 1.165) is 5.56 Å². The van der Waals surface area contributed by atoms with Crippen molar-refractivity contribution < 1.29 is 18.7 Å². The van der Waals surface area contributed by atoms with Gasteiger partial charge in [0.15, 0.2) is 11.5 Å². The number of hydrogen-bond donors (Lipinski definition) is 2. The summed E-state index contributed by atoms with van der Waals surface area (Å²) in [5.41, 5.74) is 4.33. The van der Waals surface area contributed by atoms with Gasteiger partial charge in [-0.15, -0.1) is 0 Å². The van der Waals surface area contributed by atoms with Crippen molar-refractivity contribution in [1.29, 1.82) is 0 Å². The van der Waals surface area contributed by atoms with Crippen LogP contribution >= 0.6 is 34.8 Å². The third-order valence-corrected chi connectivity index (χ3v) is 5.21. The molecule has 2 N–H and O–H groups in total. The number of methoxy groups -OCH3 is 1. The molecule has 0 aliphatic heterocycles. The minimum absolute atomic E-state index is 0.0346. The molecule has 0 aliphatic rings. The Hall–Kier alpha value is -3.00. The summed E-state index contributed by atoms with van der Waals surface area (Å²) in [5.74, 6) is -0.00414. The van der Waals surface area contributed by atoms with Gasteiger partial charge in [-0.3, -0.25) is 4.79 Å². The number of nitrogens with one attached hydrogen (secondary N) is 2. The first-order valence-electron chi connectivity index (χ1n) is 9.61. The average Bonchev–Trinajstić information content (AvgIpc) is 2.78. The smallest absolute Gasteiger partial charge is 0.259 e. The second kappa shape index (κ2) is 11.7. The number of hydrogen-bond acceptors (Lipinski definition) is 5. The fourth-order valence-electron chi connectivity index (χ4n) is 2.71. The highest BCUT2D eigenvalue weighted by Crippen LogP contribution is 2.37. The summed E-state index contributed by atoms with van der Waals surface area (Å²) in [4.78, 5) is 11.9. The monoisotopic (exact) mass is 509 g/mol. The summed E-state index contributed by atoms with van der Waals surface area (Å²) < 4.78 is 24.1. The van der Waals surface area contributed by atoms with Crippen molar-refractivity contribution in [2.45, 2.75) is 6.61 Å². The van der Waals surface area contributed by atoms with Gasteiger partial charge in [-0.2, -0.15) is 5.10 Å². The molecule has 1 amide bonds. The maximum atomic E-state index is 12.9. The van der Waals surface area contributed by atoms with Gasteiger partial charge in [0.1, 0.15) is 12.4 Å². The second-order valence-corrected chi connectivity index (χ2v) is 7.96. The predicted octanol–water partition coefficient (Wildman–Crippen LogP) is 5.94. The van der Waals surface area contributed by atoms with E-state index in [0.29, 0.717) is 37.8 Å². The normalized spacial score (nSPS) is 10.8. The fourth-order valence-corrected chi connectivity index (χ4v) is 3.45. The second-order valence-electron chi connectivity index (χ2n) is 6.71. The molecule has 3 aromatic carbocycles. The van der Waals surface area contributed by atoms with Crippen LogP contribution in [-0.4, -0.2) is 25.8 Å². The van der Waals surface area contributed by atoms with Gasteiger partial charge in [-0.1, -0.05) is 40.9 Å². The van der Waals surface area contributed by atoms with Gasteiger partial charge in [0.05, 0.1) is 24.9 Å². The lowest BCUT2D eigenvalue weighted by Crippen LogP contribution is -2.25. The highest BCUT2D eigenvalue weighted by molar-refractivity contribution is 6.35. The number of hydrazone groups is 1. The van der Waals surface area contributed by atoms with E-state index in [9.17, 15) is 9.18 Å². The van der Waals surface area contributed by atoms with Gasteiger partial charge in [0.25, 0.3) is 5.91 Å². The van der Waals surface area contributed by atoms with Gasteiger partial charge in [0, 0.05) is 21.3 Å². The Balaban J connectivity index is 1.59. The highest BCUT2D eigenvalue weighted by Gasteiger charge is 2.13. The standard InChI is InChI=1S/C23H19Cl3FN3O3/c1-32-21-9-14(11-29-30-22(31)12-28-18-6-4-17(27)5-7-18)8-20(26)23(21)33-13-15-2-3-16(24)10-19(15)25/h2-11,28H,12-13H2,1H3,(H,30,31)/b29-11-. The zero-order valence-electron chi connectivity index (χ0n) is 17.4. The number of ether oxygens (including phenoxy) is 2. The van der Waals surface area contributed by atoms with E-state index in [2.05, 4.69) is 15.8 Å². The first kappa shape index (κ1) is 24.6. The predicted molar refractivity (Wildman–Crippen MR) is 129 cm³/mol. The molecule has 0 spiro atoms. The molecule has 0 atom stereocenters. The number of carbonyl (C=O) groups excluding carboxylic acids is 1. The highest BCUT2D eigenvalue weighted by atomic mass is 35.5. The average molecular weight is 511 g/mol. The zero-order chi connectivity index (χ0) is 23.8. The molecular formula is C23H19Cl3FN3O3. The van der Waals surface area contributed by atoms with Crippen LogP contribution in [0.4, 0.5) is 10.1 Å². The molecule has 33 heavy (non-hydrogen) atoms. The van der Waals surface area contributed by atoms with E-state index < -0.39 is 0 Å². The van der Waals surface area contributed by atoms with Crippen molar-refractivity contribution in [3.63, 3.8) is 0 Å². The third-order valence-electron chi connectivity index (χ3n) is 4.34. The number of benzene rings is 3. The SMILES string of the molecule is COc1cc(/C=N\NC(=O)CNc2ccc(F)cc2)cc(Cl)c1OCc1ccc(Cl)cc1Cl. The maximum Gasteiger partial charge on any atom is 0.259 e. The zero-order valence-corrected chi connectivity index (χ0v) is 19.6. The number of halogens is 4.